The van der Waals surface area contributed by atoms with Gasteiger partial charge in [0, 0.05) is 5.69 Å². The molecule has 3 rings (SSSR count). The number of rotatable bonds is 2. The van der Waals surface area contributed by atoms with Crippen LogP contribution in [-0.2, 0) is 0 Å². The molecule has 1 heterocycles. The number of benzene rings is 2. The smallest absolute Gasteiger partial charge is 0.258 e. The van der Waals surface area contributed by atoms with Crippen molar-refractivity contribution in [3.8, 4) is 0 Å². The van der Waals surface area contributed by atoms with Gasteiger partial charge in [-0.15, -0.1) is 0 Å². The van der Waals surface area contributed by atoms with E-state index in [1.165, 1.54) is 11.3 Å². The van der Waals surface area contributed by atoms with Crippen LogP contribution in [0.3, 0.4) is 0 Å². The molecule has 0 aliphatic carbocycles. The standard InChI is InChI=1S/C14H10BrN3OS/c15-12-8(4-3-5-9(12)16)13(19)18-14-17-10-6-1-2-7-11(10)20-14/h1-7H,16H2,(H,17,18,19). The second-order valence-corrected chi connectivity index (χ2v) is 5.97. The molecule has 0 saturated carbocycles. The molecular formula is C14H10BrN3OS. The third-order valence-corrected chi connectivity index (χ3v) is 4.62. The van der Waals surface area contributed by atoms with E-state index in [-0.39, 0.29) is 5.91 Å². The molecule has 0 atom stereocenters. The molecule has 0 saturated heterocycles. The zero-order valence-corrected chi connectivity index (χ0v) is 12.7. The fourth-order valence-corrected chi connectivity index (χ4v) is 3.12. The van der Waals surface area contributed by atoms with E-state index >= 15 is 0 Å². The van der Waals surface area contributed by atoms with Crippen molar-refractivity contribution in [3.63, 3.8) is 0 Å². The Bertz CT molecular complexity index is 767. The SMILES string of the molecule is Nc1cccc(C(=O)Nc2nc3ccccc3s2)c1Br. The lowest BCUT2D eigenvalue weighted by molar-refractivity contribution is 0.102. The average molecular weight is 348 g/mol. The average Bonchev–Trinajstić information content (AvgIpc) is 2.83. The van der Waals surface area contributed by atoms with Crippen LogP contribution in [-0.4, -0.2) is 10.9 Å². The van der Waals surface area contributed by atoms with Crippen molar-refractivity contribution in [1.82, 2.24) is 4.98 Å². The lowest BCUT2D eigenvalue weighted by atomic mass is 10.2. The maximum Gasteiger partial charge on any atom is 0.258 e. The summed E-state index contributed by atoms with van der Waals surface area (Å²) in [5.41, 5.74) is 7.67. The number of carbonyl (C=O) groups is 1. The third-order valence-electron chi connectivity index (χ3n) is 2.79. The number of nitrogens with two attached hydrogens (primary N) is 1. The fourth-order valence-electron chi connectivity index (χ4n) is 1.82. The highest BCUT2D eigenvalue weighted by Gasteiger charge is 2.13. The van der Waals surface area contributed by atoms with Gasteiger partial charge in [0.25, 0.3) is 5.91 Å². The van der Waals surface area contributed by atoms with Gasteiger partial charge in [0.05, 0.1) is 20.3 Å². The summed E-state index contributed by atoms with van der Waals surface area (Å²) in [5.74, 6) is -0.233. The normalized spacial score (nSPS) is 10.7. The Labute approximate surface area is 127 Å². The minimum atomic E-state index is -0.233. The Morgan fingerprint density at radius 3 is 2.80 bits per heavy atom. The van der Waals surface area contributed by atoms with Crippen LogP contribution >= 0.6 is 27.3 Å². The fraction of sp³-hybridized carbons (Fsp3) is 0. The predicted molar refractivity (Wildman–Crippen MR) is 86.1 cm³/mol. The van der Waals surface area contributed by atoms with Gasteiger partial charge in [0.15, 0.2) is 5.13 Å². The van der Waals surface area contributed by atoms with Crippen molar-refractivity contribution in [3.05, 3.63) is 52.5 Å². The largest absolute Gasteiger partial charge is 0.398 e. The highest BCUT2D eigenvalue weighted by molar-refractivity contribution is 9.10. The minimum absolute atomic E-state index is 0.233. The van der Waals surface area contributed by atoms with Crippen LogP contribution in [0.5, 0.6) is 0 Å². The number of nitrogen functional groups attached to an aromatic ring is 1. The minimum Gasteiger partial charge on any atom is -0.398 e. The Hall–Kier alpha value is -1.92. The summed E-state index contributed by atoms with van der Waals surface area (Å²) in [5, 5.41) is 3.37. The molecule has 1 aromatic heterocycles. The molecule has 0 bridgehead atoms. The number of para-hydroxylation sites is 1. The summed E-state index contributed by atoms with van der Waals surface area (Å²) in [6.45, 7) is 0. The van der Waals surface area contributed by atoms with E-state index in [0.29, 0.717) is 20.9 Å². The molecule has 0 aliphatic heterocycles. The summed E-state index contributed by atoms with van der Waals surface area (Å²) >= 11 is 4.77. The lowest BCUT2D eigenvalue weighted by Gasteiger charge is -2.05. The molecule has 0 unspecified atom stereocenters. The summed E-state index contributed by atoms with van der Waals surface area (Å²) in [6, 6.07) is 12.9. The molecule has 0 aliphatic rings. The first-order chi connectivity index (χ1) is 9.65. The van der Waals surface area contributed by atoms with Crippen molar-refractivity contribution >= 4 is 54.2 Å². The van der Waals surface area contributed by atoms with E-state index in [2.05, 4.69) is 26.2 Å². The quantitative estimate of drug-likeness (QED) is 0.691. The number of amides is 1. The van der Waals surface area contributed by atoms with Crippen molar-refractivity contribution in [1.29, 1.82) is 0 Å². The van der Waals surface area contributed by atoms with Crippen LogP contribution in [0, 0.1) is 0 Å². The van der Waals surface area contributed by atoms with E-state index in [0.717, 1.165) is 10.2 Å². The second-order valence-electron chi connectivity index (χ2n) is 4.15. The van der Waals surface area contributed by atoms with Crippen molar-refractivity contribution in [2.75, 3.05) is 11.1 Å². The van der Waals surface area contributed by atoms with E-state index in [1.54, 1.807) is 18.2 Å². The summed E-state index contributed by atoms with van der Waals surface area (Å²) in [6.07, 6.45) is 0. The Morgan fingerprint density at radius 2 is 2.00 bits per heavy atom. The van der Waals surface area contributed by atoms with Gasteiger partial charge in [-0.2, -0.15) is 0 Å². The highest BCUT2D eigenvalue weighted by Crippen LogP contribution is 2.28. The van der Waals surface area contributed by atoms with Crippen LogP contribution < -0.4 is 11.1 Å². The Kier molecular flexibility index (Phi) is 3.42. The first kappa shape index (κ1) is 13.1. The number of nitrogens with one attached hydrogen (secondary N) is 1. The highest BCUT2D eigenvalue weighted by atomic mass is 79.9. The number of nitrogens with zero attached hydrogens (tertiary/aromatic N) is 1. The number of carbonyl (C=O) groups excluding carboxylic acids is 1. The molecule has 6 heteroatoms. The monoisotopic (exact) mass is 347 g/mol. The number of halogens is 1. The lowest BCUT2D eigenvalue weighted by Crippen LogP contribution is -2.12. The number of anilines is 2. The number of aromatic nitrogens is 1. The molecule has 0 radical (unpaired) electrons. The number of fused-ring (bicyclic) bond motifs is 1. The molecule has 20 heavy (non-hydrogen) atoms. The van der Waals surface area contributed by atoms with E-state index in [4.69, 9.17) is 5.73 Å². The van der Waals surface area contributed by atoms with Crippen molar-refractivity contribution < 1.29 is 4.79 Å². The van der Waals surface area contributed by atoms with Crippen molar-refractivity contribution in [2.24, 2.45) is 0 Å². The molecule has 0 spiro atoms. The number of hydrogen-bond acceptors (Lipinski definition) is 4. The zero-order valence-electron chi connectivity index (χ0n) is 10.3. The third kappa shape index (κ3) is 2.39. The van der Waals surface area contributed by atoms with E-state index in [1.807, 2.05) is 24.3 Å². The molecular weight excluding hydrogens is 338 g/mol. The topological polar surface area (TPSA) is 68.0 Å². The van der Waals surface area contributed by atoms with Gasteiger partial charge < -0.3 is 5.73 Å². The second kappa shape index (κ2) is 5.22. The Balaban J connectivity index is 1.90. The molecule has 4 nitrogen and oxygen atoms in total. The number of thiazole rings is 1. The molecule has 2 aromatic carbocycles. The van der Waals surface area contributed by atoms with Gasteiger partial charge in [-0.25, -0.2) is 4.98 Å². The summed E-state index contributed by atoms with van der Waals surface area (Å²) in [7, 11) is 0. The predicted octanol–water partition coefficient (Wildman–Crippen LogP) is 3.89. The maximum atomic E-state index is 12.2. The Morgan fingerprint density at radius 1 is 1.20 bits per heavy atom. The summed E-state index contributed by atoms with van der Waals surface area (Å²) in [4.78, 5) is 16.6. The molecule has 3 N–H and O–H groups in total. The van der Waals surface area contributed by atoms with E-state index < -0.39 is 0 Å². The maximum absolute atomic E-state index is 12.2. The first-order valence-corrected chi connectivity index (χ1v) is 7.47. The first-order valence-electron chi connectivity index (χ1n) is 5.86. The van der Waals surface area contributed by atoms with E-state index in [9.17, 15) is 4.79 Å². The van der Waals surface area contributed by atoms with Crippen molar-refractivity contribution in [2.45, 2.75) is 0 Å². The molecule has 100 valence electrons. The van der Waals surface area contributed by atoms with Gasteiger partial charge in [-0.1, -0.05) is 29.5 Å². The van der Waals surface area contributed by atoms with Gasteiger partial charge in [-0.05, 0) is 40.2 Å². The molecule has 0 fully saturated rings. The van der Waals surface area contributed by atoms with Gasteiger partial charge >= 0.3 is 0 Å². The van der Waals surface area contributed by atoms with Crippen LogP contribution in [0.15, 0.2) is 46.9 Å². The number of hydrogen-bond donors (Lipinski definition) is 2. The molecule has 1 amide bonds. The zero-order chi connectivity index (χ0) is 14.1. The van der Waals surface area contributed by atoms with Gasteiger partial charge in [-0.3, -0.25) is 10.1 Å². The van der Waals surface area contributed by atoms with Gasteiger partial charge in [0.2, 0.25) is 0 Å². The van der Waals surface area contributed by atoms with Crippen LogP contribution in [0.1, 0.15) is 10.4 Å². The molecule has 3 aromatic rings. The van der Waals surface area contributed by atoms with Crippen LogP contribution in [0.4, 0.5) is 10.8 Å². The van der Waals surface area contributed by atoms with Gasteiger partial charge in [0.1, 0.15) is 0 Å². The van der Waals surface area contributed by atoms with Crippen LogP contribution in [0.2, 0.25) is 0 Å². The summed E-state index contributed by atoms with van der Waals surface area (Å²) < 4.78 is 1.63. The van der Waals surface area contributed by atoms with Crippen LogP contribution in [0.25, 0.3) is 10.2 Å².